The zero-order valence-electron chi connectivity index (χ0n) is 15.2. The van der Waals surface area contributed by atoms with Crippen LogP contribution in [-0.2, 0) is 13.2 Å². The molecule has 3 atom stereocenters. The van der Waals surface area contributed by atoms with Gasteiger partial charge in [-0.2, -0.15) is 0 Å². The Morgan fingerprint density at radius 2 is 1.96 bits per heavy atom. The van der Waals surface area contributed by atoms with E-state index in [-0.39, 0.29) is 25.3 Å². The van der Waals surface area contributed by atoms with Gasteiger partial charge < -0.3 is 25.6 Å². The Labute approximate surface area is 155 Å². The van der Waals surface area contributed by atoms with Gasteiger partial charge in [0, 0.05) is 37.3 Å². The van der Waals surface area contributed by atoms with E-state index in [9.17, 15) is 10.2 Å². The third kappa shape index (κ3) is 4.24. The van der Waals surface area contributed by atoms with Gasteiger partial charge >= 0.3 is 0 Å². The largest absolute Gasteiger partial charge is 0.496 e. The molecule has 2 aromatic rings. The minimum absolute atomic E-state index is 0.0156. The Morgan fingerprint density at radius 3 is 2.65 bits per heavy atom. The first kappa shape index (κ1) is 18.9. The van der Waals surface area contributed by atoms with Crippen LogP contribution in [0, 0.1) is 5.92 Å². The topological polar surface area (TPSA) is 73.8 Å². The fraction of sp³-hybridized carbons (Fsp3) is 0.429. The Bertz CT molecular complexity index is 693. The number of nitrogens with one attached hydrogen (secondary N) is 2. The number of aliphatic hydroxyl groups excluding tert-OH is 2. The summed E-state index contributed by atoms with van der Waals surface area (Å²) in [7, 11) is 1.66. The zero-order chi connectivity index (χ0) is 18.4. The highest BCUT2D eigenvalue weighted by Gasteiger charge is 2.35. The van der Waals surface area contributed by atoms with Gasteiger partial charge in [0.05, 0.1) is 13.7 Å². The first-order valence-corrected chi connectivity index (χ1v) is 9.16. The van der Waals surface area contributed by atoms with Crippen LogP contribution in [-0.4, -0.2) is 36.5 Å². The van der Waals surface area contributed by atoms with Crippen molar-refractivity contribution >= 4 is 0 Å². The first-order chi connectivity index (χ1) is 12.8. The number of hydrogen-bond donors (Lipinski definition) is 4. The molecule has 140 valence electrons. The van der Waals surface area contributed by atoms with E-state index in [1.54, 1.807) is 7.11 Å². The number of methoxy groups -OCH3 is 1. The molecule has 1 fully saturated rings. The van der Waals surface area contributed by atoms with E-state index in [2.05, 4.69) is 34.9 Å². The van der Waals surface area contributed by atoms with Gasteiger partial charge in [-0.25, -0.2) is 0 Å². The Kier molecular flexibility index (Phi) is 6.63. The van der Waals surface area contributed by atoms with Gasteiger partial charge in [0.2, 0.25) is 0 Å². The molecule has 3 rings (SSSR count). The SMILES string of the molecule is COc1ccc(CO)cc1CNC1C(CCO)CNC1c1ccccc1. The van der Waals surface area contributed by atoms with Gasteiger partial charge in [0.25, 0.3) is 0 Å². The molecule has 0 radical (unpaired) electrons. The highest BCUT2D eigenvalue weighted by molar-refractivity contribution is 5.37. The van der Waals surface area contributed by atoms with Crippen LogP contribution in [0.25, 0.3) is 0 Å². The fourth-order valence-corrected chi connectivity index (χ4v) is 3.82. The molecular formula is C21H28N2O3. The predicted octanol–water partition coefficient (Wildman–Crippen LogP) is 1.99. The molecular weight excluding hydrogens is 328 g/mol. The van der Waals surface area contributed by atoms with E-state index in [4.69, 9.17) is 4.74 Å². The van der Waals surface area contributed by atoms with Gasteiger partial charge in [0.1, 0.15) is 5.75 Å². The average molecular weight is 356 g/mol. The molecule has 0 aliphatic carbocycles. The van der Waals surface area contributed by atoms with E-state index in [0.717, 1.165) is 29.8 Å². The van der Waals surface area contributed by atoms with Crippen molar-refractivity contribution in [2.45, 2.75) is 31.7 Å². The lowest BCUT2D eigenvalue weighted by molar-refractivity contribution is 0.243. The second-order valence-electron chi connectivity index (χ2n) is 6.78. The molecule has 4 N–H and O–H groups in total. The van der Waals surface area contributed by atoms with Crippen molar-refractivity contribution in [1.82, 2.24) is 10.6 Å². The lowest BCUT2D eigenvalue weighted by Crippen LogP contribution is -2.38. The number of ether oxygens (including phenoxy) is 1. The van der Waals surface area contributed by atoms with Crippen LogP contribution in [0.15, 0.2) is 48.5 Å². The molecule has 0 amide bonds. The van der Waals surface area contributed by atoms with Crippen molar-refractivity contribution in [3.05, 3.63) is 65.2 Å². The minimum atomic E-state index is 0.0156. The number of hydrogen-bond acceptors (Lipinski definition) is 5. The molecule has 1 aliphatic rings. The Hall–Kier alpha value is -1.92. The molecule has 0 bridgehead atoms. The molecule has 26 heavy (non-hydrogen) atoms. The van der Waals surface area contributed by atoms with Gasteiger partial charge in [0.15, 0.2) is 0 Å². The summed E-state index contributed by atoms with van der Waals surface area (Å²) >= 11 is 0. The van der Waals surface area contributed by atoms with Crippen LogP contribution in [0.3, 0.4) is 0 Å². The normalized spacial score (nSPS) is 22.5. The molecule has 5 nitrogen and oxygen atoms in total. The van der Waals surface area contributed by atoms with E-state index in [1.165, 1.54) is 5.56 Å². The summed E-state index contributed by atoms with van der Waals surface area (Å²) < 4.78 is 5.47. The second-order valence-corrected chi connectivity index (χ2v) is 6.78. The van der Waals surface area contributed by atoms with Crippen molar-refractivity contribution in [1.29, 1.82) is 0 Å². The average Bonchev–Trinajstić information content (AvgIpc) is 3.09. The van der Waals surface area contributed by atoms with E-state index < -0.39 is 0 Å². The van der Waals surface area contributed by atoms with Crippen molar-refractivity contribution in [3.63, 3.8) is 0 Å². The molecule has 0 spiro atoms. The second kappa shape index (κ2) is 9.14. The van der Waals surface area contributed by atoms with Crippen molar-refractivity contribution in [2.75, 3.05) is 20.3 Å². The summed E-state index contributed by atoms with van der Waals surface area (Å²) in [5.41, 5.74) is 3.15. The van der Waals surface area contributed by atoms with Crippen molar-refractivity contribution < 1.29 is 14.9 Å². The lowest BCUT2D eigenvalue weighted by atomic mass is 9.91. The number of rotatable bonds is 8. The standard InChI is InChI=1S/C21H28N2O3/c1-26-19-8-7-15(14-25)11-18(19)13-23-21-17(9-10-24)12-22-20(21)16-5-3-2-4-6-16/h2-8,11,17,20-25H,9-10,12-14H2,1H3. The highest BCUT2D eigenvalue weighted by atomic mass is 16.5. The lowest BCUT2D eigenvalue weighted by Gasteiger charge is -2.26. The molecule has 0 aromatic heterocycles. The number of benzene rings is 2. The van der Waals surface area contributed by atoms with Crippen LogP contribution in [0.2, 0.25) is 0 Å². The van der Waals surface area contributed by atoms with Crippen molar-refractivity contribution in [2.24, 2.45) is 5.92 Å². The third-order valence-electron chi connectivity index (χ3n) is 5.18. The van der Waals surface area contributed by atoms with E-state index in [0.29, 0.717) is 12.5 Å². The van der Waals surface area contributed by atoms with Crippen LogP contribution >= 0.6 is 0 Å². The van der Waals surface area contributed by atoms with Gasteiger partial charge in [-0.15, -0.1) is 0 Å². The first-order valence-electron chi connectivity index (χ1n) is 9.16. The molecule has 0 saturated carbocycles. The maximum atomic E-state index is 9.43. The monoisotopic (exact) mass is 356 g/mol. The van der Waals surface area contributed by atoms with E-state index in [1.807, 2.05) is 24.3 Å². The molecule has 1 saturated heterocycles. The molecule has 1 aliphatic heterocycles. The highest BCUT2D eigenvalue weighted by Crippen LogP contribution is 2.30. The van der Waals surface area contributed by atoms with Crippen LogP contribution in [0.4, 0.5) is 0 Å². The summed E-state index contributed by atoms with van der Waals surface area (Å²) in [5, 5.41) is 26.1. The summed E-state index contributed by atoms with van der Waals surface area (Å²) in [6.07, 6.45) is 0.766. The molecule has 1 heterocycles. The van der Waals surface area contributed by atoms with Gasteiger partial charge in [-0.05, 0) is 35.6 Å². The smallest absolute Gasteiger partial charge is 0.123 e. The molecule has 5 heteroatoms. The maximum absolute atomic E-state index is 9.43. The summed E-state index contributed by atoms with van der Waals surface area (Å²) in [6, 6.07) is 16.6. The zero-order valence-corrected chi connectivity index (χ0v) is 15.2. The van der Waals surface area contributed by atoms with Gasteiger partial charge in [-0.3, -0.25) is 0 Å². The third-order valence-corrected chi connectivity index (χ3v) is 5.18. The molecule has 3 unspecified atom stereocenters. The summed E-state index contributed by atoms with van der Waals surface area (Å²) in [6.45, 7) is 1.73. The van der Waals surface area contributed by atoms with Crippen LogP contribution in [0.1, 0.15) is 29.2 Å². The molecule has 2 aromatic carbocycles. The Morgan fingerprint density at radius 1 is 1.15 bits per heavy atom. The van der Waals surface area contributed by atoms with Crippen LogP contribution < -0.4 is 15.4 Å². The summed E-state index contributed by atoms with van der Waals surface area (Å²) in [4.78, 5) is 0. The maximum Gasteiger partial charge on any atom is 0.123 e. The Balaban J connectivity index is 1.78. The van der Waals surface area contributed by atoms with Gasteiger partial charge in [-0.1, -0.05) is 36.4 Å². The quantitative estimate of drug-likeness (QED) is 0.582. The minimum Gasteiger partial charge on any atom is -0.496 e. The summed E-state index contributed by atoms with van der Waals surface area (Å²) in [5.74, 6) is 1.17. The number of aliphatic hydroxyl groups is 2. The van der Waals surface area contributed by atoms with Crippen LogP contribution in [0.5, 0.6) is 5.75 Å². The van der Waals surface area contributed by atoms with E-state index >= 15 is 0 Å². The predicted molar refractivity (Wildman–Crippen MR) is 102 cm³/mol. The van der Waals surface area contributed by atoms with Crippen molar-refractivity contribution in [3.8, 4) is 5.75 Å². The fourth-order valence-electron chi connectivity index (χ4n) is 3.82.